The van der Waals surface area contributed by atoms with E-state index in [9.17, 15) is 0 Å². The van der Waals surface area contributed by atoms with Gasteiger partial charge in [0.25, 0.3) is 0 Å². The predicted octanol–water partition coefficient (Wildman–Crippen LogP) is -0.781. The Balaban J connectivity index is 2.35. The Morgan fingerprint density at radius 2 is 1.78 bits per heavy atom. The van der Waals surface area contributed by atoms with E-state index in [4.69, 9.17) is 15.9 Å². The fourth-order valence-corrected chi connectivity index (χ4v) is 1.16. The molecular weight excluding hydrogens is 118 g/mol. The maximum absolute atomic E-state index is 9.02. The number of rotatable bonds is 0. The van der Waals surface area contributed by atoms with Gasteiger partial charge in [0.15, 0.2) is 0 Å². The van der Waals surface area contributed by atoms with Crippen LogP contribution in [0.3, 0.4) is 0 Å². The summed E-state index contributed by atoms with van der Waals surface area (Å²) in [6, 6.07) is 0.0865. The average molecular weight is 131 g/mol. The summed E-state index contributed by atoms with van der Waals surface area (Å²) in [6.45, 7) is 0. The zero-order valence-electron chi connectivity index (χ0n) is 5.33. The van der Waals surface area contributed by atoms with Crippen molar-refractivity contribution < 1.29 is 10.2 Å². The summed E-state index contributed by atoms with van der Waals surface area (Å²) in [5, 5.41) is 18.0. The Labute approximate surface area is 54.5 Å². The van der Waals surface area contributed by atoms with Gasteiger partial charge in [-0.2, -0.15) is 0 Å². The van der Waals surface area contributed by atoms with Gasteiger partial charge < -0.3 is 15.9 Å². The summed E-state index contributed by atoms with van der Waals surface area (Å²) in [4.78, 5) is 0. The monoisotopic (exact) mass is 131 g/mol. The fourth-order valence-electron chi connectivity index (χ4n) is 1.16. The highest BCUT2D eigenvalue weighted by Gasteiger charge is 2.24. The molecule has 1 aliphatic rings. The highest BCUT2D eigenvalue weighted by molar-refractivity contribution is 4.80. The number of nitrogens with two attached hydrogens (primary N) is 1. The normalized spacial score (nSPS) is 45.0. The first kappa shape index (κ1) is 6.99. The van der Waals surface area contributed by atoms with E-state index in [0.29, 0.717) is 12.8 Å². The molecule has 1 aliphatic carbocycles. The molecule has 0 spiro atoms. The van der Waals surface area contributed by atoms with Crippen LogP contribution in [0.1, 0.15) is 19.3 Å². The fraction of sp³-hybridized carbons (Fsp3) is 1.00. The first-order valence-electron chi connectivity index (χ1n) is 3.32. The van der Waals surface area contributed by atoms with Gasteiger partial charge in [-0.1, -0.05) is 0 Å². The van der Waals surface area contributed by atoms with E-state index < -0.39 is 12.2 Å². The molecule has 1 unspecified atom stereocenters. The quantitative estimate of drug-likeness (QED) is 0.404. The maximum Gasteiger partial charge on any atom is 0.0813 e. The Bertz CT molecular complexity index is 97.1. The molecular formula is C6H13NO2. The zero-order chi connectivity index (χ0) is 6.85. The van der Waals surface area contributed by atoms with Gasteiger partial charge in [-0.25, -0.2) is 0 Å². The smallest absolute Gasteiger partial charge is 0.0813 e. The van der Waals surface area contributed by atoms with Crippen molar-refractivity contribution in [3.8, 4) is 0 Å². The van der Waals surface area contributed by atoms with Crippen molar-refractivity contribution >= 4 is 0 Å². The van der Waals surface area contributed by atoms with Gasteiger partial charge in [0.1, 0.15) is 0 Å². The minimum absolute atomic E-state index is 0.0865. The molecule has 1 saturated carbocycles. The van der Waals surface area contributed by atoms with Crippen LogP contribution in [0, 0.1) is 0 Å². The van der Waals surface area contributed by atoms with Gasteiger partial charge in [0.05, 0.1) is 12.2 Å². The number of hydrogen-bond acceptors (Lipinski definition) is 3. The Hall–Kier alpha value is -0.120. The average Bonchev–Trinajstić information content (AvgIpc) is 1.80. The SMILES string of the molecule is NC1CC[C@@H](O)[C@H](O)C1. The van der Waals surface area contributed by atoms with E-state index >= 15 is 0 Å². The second-order valence-electron chi connectivity index (χ2n) is 2.71. The summed E-state index contributed by atoms with van der Waals surface area (Å²) in [6.07, 6.45) is 0.889. The summed E-state index contributed by atoms with van der Waals surface area (Å²) in [7, 11) is 0. The third-order valence-corrected chi connectivity index (χ3v) is 1.82. The molecule has 4 N–H and O–H groups in total. The van der Waals surface area contributed by atoms with Gasteiger partial charge in [0.2, 0.25) is 0 Å². The van der Waals surface area contributed by atoms with Crippen LogP contribution in [-0.2, 0) is 0 Å². The standard InChI is InChI=1S/C6H13NO2/c7-4-1-2-5(8)6(9)3-4/h4-6,8-9H,1-3,7H2/t4?,5-,6-/m1/s1. The first-order chi connectivity index (χ1) is 4.20. The molecule has 0 aliphatic heterocycles. The van der Waals surface area contributed by atoms with Crippen molar-refractivity contribution in [3.63, 3.8) is 0 Å². The van der Waals surface area contributed by atoms with Crippen molar-refractivity contribution in [2.24, 2.45) is 5.73 Å². The molecule has 1 rings (SSSR count). The van der Waals surface area contributed by atoms with Gasteiger partial charge in [-0.15, -0.1) is 0 Å². The molecule has 3 nitrogen and oxygen atoms in total. The molecule has 0 amide bonds. The lowest BCUT2D eigenvalue weighted by Gasteiger charge is -2.27. The second kappa shape index (κ2) is 2.64. The lowest BCUT2D eigenvalue weighted by atomic mass is 9.91. The molecule has 0 bridgehead atoms. The molecule has 0 radical (unpaired) electrons. The summed E-state index contributed by atoms with van der Waals surface area (Å²) in [5.41, 5.74) is 5.52. The Kier molecular flexibility index (Phi) is 2.05. The molecule has 0 aromatic rings. The lowest BCUT2D eigenvalue weighted by Crippen LogP contribution is -2.39. The topological polar surface area (TPSA) is 66.5 Å². The van der Waals surface area contributed by atoms with Crippen LogP contribution < -0.4 is 5.73 Å². The van der Waals surface area contributed by atoms with Gasteiger partial charge >= 0.3 is 0 Å². The van der Waals surface area contributed by atoms with Crippen molar-refractivity contribution in [2.45, 2.75) is 37.5 Å². The summed E-state index contributed by atoms with van der Waals surface area (Å²) in [5.74, 6) is 0. The van der Waals surface area contributed by atoms with Gasteiger partial charge in [-0.05, 0) is 19.3 Å². The maximum atomic E-state index is 9.02. The van der Waals surface area contributed by atoms with E-state index in [0.717, 1.165) is 6.42 Å². The van der Waals surface area contributed by atoms with E-state index in [1.165, 1.54) is 0 Å². The number of aliphatic hydroxyl groups is 2. The molecule has 3 atom stereocenters. The minimum Gasteiger partial charge on any atom is -0.390 e. The van der Waals surface area contributed by atoms with Crippen LogP contribution in [-0.4, -0.2) is 28.5 Å². The molecule has 54 valence electrons. The third-order valence-electron chi connectivity index (χ3n) is 1.82. The van der Waals surface area contributed by atoms with Crippen LogP contribution in [0.2, 0.25) is 0 Å². The molecule has 3 heteroatoms. The van der Waals surface area contributed by atoms with Crippen LogP contribution in [0.15, 0.2) is 0 Å². The highest BCUT2D eigenvalue weighted by Crippen LogP contribution is 2.16. The number of hydrogen-bond donors (Lipinski definition) is 3. The lowest BCUT2D eigenvalue weighted by molar-refractivity contribution is -0.0140. The van der Waals surface area contributed by atoms with Crippen molar-refractivity contribution in [1.29, 1.82) is 0 Å². The molecule has 9 heavy (non-hydrogen) atoms. The predicted molar refractivity (Wildman–Crippen MR) is 33.8 cm³/mol. The van der Waals surface area contributed by atoms with Crippen LogP contribution in [0.25, 0.3) is 0 Å². The van der Waals surface area contributed by atoms with Gasteiger partial charge in [0, 0.05) is 6.04 Å². The van der Waals surface area contributed by atoms with Crippen molar-refractivity contribution in [3.05, 3.63) is 0 Å². The minimum atomic E-state index is -0.589. The molecule has 0 saturated heterocycles. The zero-order valence-corrected chi connectivity index (χ0v) is 5.33. The van der Waals surface area contributed by atoms with E-state index in [1.807, 2.05) is 0 Å². The molecule has 1 fully saturated rings. The third kappa shape index (κ3) is 1.64. The van der Waals surface area contributed by atoms with Crippen LogP contribution in [0.5, 0.6) is 0 Å². The van der Waals surface area contributed by atoms with E-state index in [1.54, 1.807) is 0 Å². The second-order valence-corrected chi connectivity index (χ2v) is 2.71. The van der Waals surface area contributed by atoms with E-state index in [-0.39, 0.29) is 6.04 Å². The van der Waals surface area contributed by atoms with Crippen molar-refractivity contribution in [2.75, 3.05) is 0 Å². The Morgan fingerprint density at radius 1 is 1.11 bits per heavy atom. The van der Waals surface area contributed by atoms with Crippen LogP contribution in [0.4, 0.5) is 0 Å². The first-order valence-corrected chi connectivity index (χ1v) is 3.32. The van der Waals surface area contributed by atoms with Crippen molar-refractivity contribution in [1.82, 2.24) is 0 Å². The molecule has 0 heterocycles. The summed E-state index contributed by atoms with van der Waals surface area (Å²) >= 11 is 0. The van der Waals surface area contributed by atoms with Gasteiger partial charge in [-0.3, -0.25) is 0 Å². The number of aliphatic hydroxyl groups excluding tert-OH is 2. The highest BCUT2D eigenvalue weighted by atomic mass is 16.3. The summed E-state index contributed by atoms with van der Waals surface area (Å²) < 4.78 is 0. The Morgan fingerprint density at radius 3 is 2.22 bits per heavy atom. The van der Waals surface area contributed by atoms with Crippen LogP contribution >= 0.6 is 0 Å². The molecule has 0 aromatic carbocycles. The largest absolute Gasteiger partial charge is 0.390 e. The van der Waals surface area contributed by atoms with E-state index in [2.05, 4.69) is 0 Å². The molecule has 0 aromatic heterocycles.